The predicted octanol–water partition coefficient (Wildman–Crippen LogP) is 2.47. The number of fused-ring (bicyclic) bond motifs is 1. The van der Waals surface area contributed by atoms with Gasteiger partial charge < -0.3 is 15.2 Å². The Hall–Kier alpha value is -1.55. The van der Waals surface area contributed by atoms with E-state index in [2.05, 4.69) is 25.2 Å². The van der Waals surface area contributed by atoms with Gasteiger partial charge in [0.1, 0.15) is 11.4 Å². The molecule has 1 amide bonds. The van der Waals surface area contributed by atoms with Gasteiger partial charge in [-0.25, -0.2) is 0 Å². The van der Waals surface area contributed by atoms with Gasteiger partial charge in [0.2, 0.25) is 5.91 Å². The normalized spacial score (nSPS) is 17.5. The maximum atomic E-state index is 12.1. The highest BCUT2D eigenvalue weighted by Gasteiger charge is 2.26. The van der Waals surface area contributed by atoms with E-state index in [1.54, 1.807) is 0 Å². The first-order valence-electron chi connectivity index (χ1n) is 8.02. The van der Waals surface area contributed by atoms with Gasteiger partial charge in [0.05, 0.1) is 19.1 Å². The van der Waals surface area contributed by atoms with E-state index in [4.69, 9.17) is 4.74 Å². The average Bonchev–Trinajstić information content (AvgIpc) is 2.44. The van der Waals surface area contributed by atoms with Crippen LogP contribution in [0.15, 0.2) is 18.2 Å². The molecule has 0 saturated carbocycles. The molecule has 1 aromatic carbocycles. The number of nitrogens with one attached hydrogen (secondary N) is 1. The standard InChI is InChI=1S/C18H27NO3/c1-12(2)15(11-20)19-17(21)10-13-5-6-16-14(9-13)7-8-18(3,4)22-16/h5-6,9,12,15,20H,7-8,10-11H2,1-4H3,(H,19,21). The molecule has 4 nitrogen and oxygen atoms in total. The summed E-state index contributed by atoms with van der Waals surface area (Å²) in [4.78, 5) is 12.1. The second-order valence-corrected chi connectivity index (χ2v) is 7.08. The fraction of sp³-hybridized carbons (Fsp3) is 0.611. The van der Waals surface area contributed by atoms with Gasteiger partial charge in [0.15, 0.2) is 0 Å². The number of benzene rings is 1. The van der Waals surface area contributed by atoms with Crippen LogP contribution in [0.3, 0.4) is 0 Å². The number of ether oxygens (including phenoxy) is 1. The number of hydrogen-bond acceptors (Lipinski definition) is 3. The summed E-state index contributed by atoms with van der Waals surface area (Å²) in [5.41, 5.74) is 2.05. The number of aryl methyl sites for hydroxylation is 1. The molecule has 2 rings (SSSR count). The van der Waals surface area contributed by atoms with E-state index in [1.807, 2.05) is 26.0 Å². The molecule has 1 aromatic rings. The molecule has 1 heterocycles. The summed E-state index contributed by atoms with van der Waals surface area (Å²) >= 11 is 0. The molecular weight excluding hydrogens is 278 g/mol. The van der Waals surface area contributed by atoms with Crippen molar-refractivity contribution < 1.29 is 14.6 Å². The van der Waals surface area contributed by atoms with E-state index in [1.165, 1.54) is 5.56 Å². The molecule has 2 N–H and O–H groups in total. The van der Waals surface area contributed by atoms with Gasteiger partial charge in [0, 0.05) is 0 Å². The fourth-order valence-electron chi connectivity index (χ4n) is 2.69. The molecule has 22 heavy (non-hydrogen) atoms. The van der Waals surface area contributed by atoms with Crippen molar-refractivity contribution in [2.75, 3.05) is 6.61 Å². The Bertz CT molecular complexity index is 537. The third kappa shape index (κ3) is 4.23. The molecule has 1 aliphatic rings. The molecule has 0 fully saturated rings. The summed E-state index contributed by atoms with van der Waals surface area (Å²) in [6.07, 6.45) is 2.29. The molecule has 1 unspecified atom stereocenters. The first kappa shape index (κ1) is 16.8. The molecule has 4 heteroatoms. The molecule has 0 radical (unpaired) electrons. The molecular formula is C18H27NO3. The Labute approximate surface area is 132 Å². The van der Waals surface area contributed by atoms with Crippen LogP contribution in [-0.2, 0) is 17.6 Å². The van der Waals surface area contributed by atoms with Crippen LogP contribution in [0.25, 0.3) is 0 Å². The summed E-state index contributed by atoms with van der Waals surface area (Å²) in [6.45, 7) is 8.13. The van der Waals surface area contributed by atoms with Crippen LogP contribution >= 0.6 is 0 Å². The third-order valence-corrected chi connectivity index (χ3v) is 4.22. The van der Waals surface area contributed by atoms with Crippen molar-refractivity contribution in [1.82, 2.24) is 5.32 Å². The van der Waals surface area contributed by atoms with Gasteiger partial charge in [-0.3, -0.25) is 4.79 Å². The van der Waals surface area contributed by atoms with Crippen molar-refractivity contribution in [3.05, 3.63) is 29.3 Å². The van der Waals surface area contributed by atoms with Crippen molar-refractivity contribution in [1.29, 1.82) is 0 Å². The Kier molecular flexibility index (Phi) is 5.12. The van der Waals surface area contributed by atoms with E-state index >= 15 is 0 Å². The average molecular weight is 305 g/mol. The van der Waals surface area contributed by atoms with Gasteiger partial charge in [-0.1, -0.05) is 26.0 Å². The monoisotopic (exact) mass is 305 g/mol. The molecule has 0 spiro atoms. The third-order valence-electron chi connectivity index (χ3n) is 4.22. The van der Waals surface area contributed by atoms with E-state index in [-0.39, 0.29) is 30.1 Å². The number of rotatable bonds is 5. The number of carbonyl (C=O) groups excluding carboxylic acids is 1. The maximum absolute atomic E-state index is 12.1. The lowest BCUT2D eigenvalue weighted by Gasteiger charge is -2.32. The summed E-state index contributed by atoms with van der Waals surface area (Å²) in [5.74, 6) is 1.09. The van der Waals surface area contributed by atoms with Crippen molar-refractivity contribution in [3.63, 3.8) is 0 Å². The summed E-state index contributed by atoms with van der Waals surface area (Å²) in [6, 6.07) is 5.79. The second kappa shape index (κ2) is 6.69. The lowest BCUT2D eigenvalue weighted by molar-refractivity contribution is -0.121. The molecule has 0 bridgehead atoms. The molecule has 122 valence electrons. The molecule has 1 aliphatic heterocycles. The van der Waals surface area contributed by atoms with Crippen LogP contribution in [0, 0.1) is 5.92 Å². The summed E-state index contributed by atoms with van der Waals surface area (Å²) < 4.78 is 5.96. The highest BCUT2D eigenvalue weighted by atomic mass is 16.5. The van der Waals surface area contributed by atoms with Crippen LogP contribution in [0.4, 0.5) is 0 Å². The Morgan fingerprint density at radius 3 is 2.77 bits per heavy atom. The van der Waals surface area contributed by atoms with Crippen LogP contribution in [-0.4, -0.2) is 29.3 Å². The molecule has 1 atom stereocenters. The smallest absolute Gasteiger partial charge is 0.224 e. The van der Waals surface area contributed by atoms with Crippen LogP contribution in [0.5, 0.6) is 5.75 Å². The SMILES string of the molecule is CC(C)C(CO)NC(=O)Cc1ccc2c(c1)CCC(C)(C)O2. The lowest BCUT2D eigenvalue weighted by Crippen LogP contribution is -2.41. The minimum absolute atomic E-state index is 0.0312. The summed E-state index contributed by atoms with van der Waals surface area (Å²) in [5, 5.41) is 12.2. The number of aliphatic hydroxyl groups is 1. The topological polar surface area (TPSA) is 58.6 Å². The van der Waals surface area contributed by atoms with Gasteiger partial charge in [-0.2, -0.15) is 0 Å². The lowest BCUT2D eigenvalue weighted by atomic mass is 9.93. The molecule has 0 saturated heterocycles. The zero-order valence-electron chi connectivity index (χ0n) is 14.0. The van der Waals surface area contributed by atoms with Crippen molar-refractivity contribution in [2.24, 2.45) is 5.92 Å². The Morgan fingerprint density at radius 1 is 1.41 bits per heavy atom. The summed E-state index contributed by atoms with van der Waals surface area (Å²) in [7, 11) is 0. The fourth-order valence-corrected chi connectivity index (χ4v) is 2.69. The van der Waals surface area contributed by atoms with E-state index in [9.17, 15) is 9.90 Å². The Balaban J connectivity index is 2.01. The Morgan fingerprint density at radius 2 is 2.14 bits per heavy atom. The number of amides is 1. The van der Waals surface area contributed by atoms with E-state index in [0.717, 1.165) is 24.2 Å². The van der Waals surface area contributed by atoms with E-state index < -0.39 is 0 Å². The second-order valence-electron chi connectivity index (χ2n) is 7.08. The van der Waals surface area contributed by atoms with Gasteiger partial charge in [-0.05, 0) is 49.8 Å². The quantitative estimate of drug-likeness (QED) is 0.878. The zero-order chi connectivity index (χ0) is 16.3. The number of carbonyl (C=O) groups is 1. The maximum Gasteiger partial charge on any atom is 0.224 e. The van der Waals surface area contributed by atoms with Crippen molar-refractivity contribution >= 4 is 5.91 Å². The highest BCUT2D eigenvalue weighted by molar-refractivity contribution is 5.79. The predicted molar refractivity (Wildman–Crippen MR) is 87.0 cm³/mol. The van der Waals surface area contributed by atoms with Crippen molar-refractivity contribution in [3.8, 4) is 5.75 Å². The minimum Gasteiger partial charge on any atom is -0.488 e. The van der Waals surface area contributed by atoms with Crippen LogP contribution < -0.4 is 10.1 Å². The van der Waals surface area contributed by atoms with E-state index in [0.29, 0.717) is 6.42 Å². The van der Waals surface area contributed by atoms with Gasteiger partial charge >= 0.3 is 0 Å². The van der Waals surface area contributed by atoms with Gasteiger partial charge in [-0.15, -0.1) is 0 Å². The highest BCUT2D eigenvalue weighted by Crippen LogP contribution is 2.33. The number of hydrogen-bond donors (Lipinski definition) is 2. The van der Waals surface area contributed by atoms with Crippen LogP contribution in [0.1, 0.15) is 45.2 Å². The van der Waals surface area contributed by atoms with Gasteiger partial charge in [0.25, 0.3) is 0 Å². The van der Waals surface area contributed by atoms with Crippen LogP contribution in [0.2, 0.25) is 0 Å². The first-order chi connectivity index (χ1) is 10.3. The first-order valence-corrected chi connectivity index (χ1v) is 8.02. The van der Waals surface area contributed by atoms with Crippen molar-refractivity contribution in [2.45, 2.75) is 58.6 Å². The molecule has 0 aliphatic carbocycles. The molecule has 0 aromatic heterocycles. The largest absolute Gasteiger partial charge is 0.488 e. The number of aliphatic hydroxyl groups excluding tert-OH is 1. The minimum atomic E-state index is -0.186. The zero-order valence-corrected chi connectivity index (χ0v) is 14.0.